The van der Waals surface area contributed by atoms with Gasteiger partial charge in [-0.15, -0.1) is 0 Å². The van der Waals surface area contributed by atoms with E-state index < -0.39 is 0 Å². The highest BCUT2D eigenvalue weighted by molar-refractivity contribution is 6.30. The maximum Gasteiger partial charge on any atom is 0.234 e. The first-order chi connectivity index (χ1) is 11.1. The number of hydrogen-bond acceptors (Lipinski definition) is 3. The second-order valence-electron chi connectivity index (χ2n) is 5.39. The molecule has 0 heterocycles. The molecule has 0 unspecified atom stereocenters. The molecule has 122 valence electrons. The Morgan fingerprint density at radius 2 is 1.96 bits per heavy atom. The summed E-state index contributed by atoms with van der Waals surface area (Å²) in [6.07, 6.45) is 0. The number of carbonyl (C=O) groups is 1. The largest absolute Gasteiger partial charge is 0.496 e. The number of methoxy groups -OCH3 is 1. The Balaban J connectivity index is 1.85. The lowest BCUT2D eigenvalue weighted by atomic mass is 10.2. The van der Waals surface area contributed by atoms with Gasteiger partial charge in [-0.2, -0.15) is 0 Å². The van der Waals surface area contributed by atoms with E-state index in [-0.39, 0.29) is 5.91 Å². The number of amides is 1. The van der Waals surface area contributed by atoms with Gasteiger partial charge in [0, 0.05) is 23.7 Å². The molecule has 2 aromatic carbocycles. The zero-order chi connectivity index (χ0) is 16.7. The predicted molar refractivity (Wildman–Crippen MR) is 92.6 cm³/mol. The number of halogens is 1. The van der Waals surface area contributed by atoms with Crippen molar-refractivity contribution in [1.82, 2.24) is 10.2 Å². The van der Waals surface area contributed by atoms with Crippen molar-refractivity contribution >= 4 is 17.5 Å². The van der Waals surface area contributed by atoms with Crippen LogP contribution in [-0.2, 0) is 17.9 Å². The molecular weight excluding hydrogens is 312 g/mol. The second kappa shape index (κ2) is 8.56. The fraction of sp³-hybridized carbons (Fsp3) is 0.278. The van der Waals surface area contributed by atoms with Crippen molar-refractivity contribution in [3.05, 3.63) is 64.7 Å². The first-order valence-electron chi connectivity index (χ1n) is 7.40. The smallest absolute Gasteiger partial charge is 0.234 e. The van der Waals surface area contributed by atoms with E-state index in [1.165, 1.54) is 0 Å². The first-order valence-corrected chi connectivity index (χ1v) is 7.78. The normalized spacial score (nSPS) is 10.6. The number of benzene rings is 2. The number of nitrogens with one attached hydrogen (secondary N) is 1. The maximum atomic E-state index is 12.0. The van der Waals surface area contributed by atoms with Crippen molar-refractivity contribution in [3.8, 4) is 5.75 Å². The van der Waals surface area contributed by atoms with Gasteiger partial charge in [0.25, 0.3) is 0 Å². The maximum absolute atomic E-state index is 12.0. The van der Waals surface area contributed by atoms with Gasteiger partial charge in [0.2, 0.25) is 5.91 Å². The molecule has 0 atom stereocenters. The summed E-state index contributed by atoms with van der Waals surface area (Å²) < 4.78 is 5.33. The third-order valence-electron chi connectivity index (χ3n) is 3.43. The molecule has 0 spiro atoms. The standard InChI is InChI=1S/C18H21ClN2O2/c1-21(12-15-10-16(19)8-9-17(15)23-2)13-18(22)20-11-14-6-4-3-5-7-14/h3-10H,11-13H2,1-2H3,(H,20,22). The van der Waals surface area contributed by atoms with E-state index >= 15 is 0 Å². The number of rotatable bonds is 7. The summed E-state index contributed by atoms with van der Waals surface area (Å²) in [5, 5.41) is 3.57. The van der Waals surface area contributed by atoms with Gasteiger partial charge in [-0.1, -0.05) is 41.9 Å². The van der Waals surface area contributed by atoms with Crippen molar-refractivity contribution in [2.24, 2.45) is 0 Å². The first kappa shape index (κ1) is 17.3. The number of likely N-dealkylation sites (N-methyl/N-ethyl adjacent to an activating group) is 1. The van der Waals surface area contributed by atoms with Gasteiger partial charge in [0.1, 0.15) is 5.75 Å². The van der Waals surface area contributed by atoms with Gasteiger partial charge in [-0.05, 0) is 30.8 Å². The van der Waals surface area contributed by atoms with Gasteiger partial charge >= 0.3 is 0 Å². The van der Waals surface area contributed by atoms with Crippen LogP contribution in [0.3, 0.4) is 0 Å². The minimum Gasteiger partial charge on any atom is -0.496 e. The number of hydrogen-bond donors (Lipinski definition) is 1. The Bertz CT molecular complexity index is 647. The highest BCUT2D eigenvalue weighted by atomic mass is 35.5. The summed E-state index contributed by atoms with van der Waals surface area (Å²) in [4.78, 5) is 14.0. The van der Waals surface area contributed by atoms with Crippen molar-refractivity contribution in [2.75, 3.05) is 20.7 Å². The van der Waals surface area contributed by atoms with E-state index in [0.717, 1.165) is 16.9 Å². The lowest BCUT2D eigenvalue weighted by Crippen LogP contribution is -2.34. The Morgan fingerprint density at radius 1 is 1.22 bits per heavy atom. The van der Waals surface area contributed by atoms with Crippen LogP contribution < -0.4 is 10.1 Å². The molecule has 2 aromatic rings. The fourth-order valence-electron chi connectivity index (χ4n) is 2.31. The minimum atomic E-state index is -0.0163. The van der Waals surface area contributed by atoms with Crippen LogP contribution in [0.5, 0.6) is 5.75 Å². The van der Waals surface area contributed by atoms with E-state index in [0.29, 0.717) is 24.7 Å². The number of ether oxygens (including phenoxy) is 1. The summed E-state index contributed by atoms with van der Waals surface area (Å²) >= 11 is 6.03. The minimum absolute atomic E-state index is 0.0163. The molecule has 0 aliphatic rings. The zero-order valence-corrected chi connectivity index (χ0v) is 14.1. The second-order valence-corrected chi connectivity index (χ2v) is 5.83. The average Bonchev–Trinajstić information content (AvgIpc) is 2.54. The van der Waals surface area contributed by atoms with Gasteiger partial charge in [0.15, 0.2) is 0 Å². The summed E-state index contributed by atoms with van der Waals surface area (Å²) in [6, 6.07) is 15.3. The van der Waals surface area contributed by atoms with E-state index in [2.05, 4.69) is 5.32 Å². The van der Waals surface area contributed by atoms with Crippen LogP contribution in [0.4, 0.5) is 0 Å². The van der Waals surface area contributed by atoms with Gasteiger partial charge in [0.05, 0.1) is 13.7 Å². The van der Waals surface area contributed by atoms with Crippen LogP contribution in [0.25, 0.3) is 0 Å². The van der Waals surface area contributed by atoms with Crippen molar-refractivity contribution in [3.63, 3.8) is 0 Å². The van der Waals surface area contributed by atoms with E-state index in [1.807, 2.05) is 54.4 Å². The lowest BCUT2D eigenvalue weighted by Gasteiger charge is -2.18. The van der Waals surface area contributed by atoms with Crippen molar-refractivity contribution in [1.29, 1.82) is 0 Å². The van der Waals surface area contributed by atoms with Gasteiger partial charge in [-0.3, -0.25) is 9.69 Å². The van der Waals surface area contributed by atoms with Gasteiger partial charge < -0.3 is 10.1 Å². The highest BCUT2D eigenvalue weighted by Crippen LogP contribution is 2.23. The molecule has 0 fully saturated rings. The molecule has 5 heteroatoms. The fourth-order valence-corrected chi connectivity index (χ4v) is 2.51. The molecule has 0 radical (unpaired) electrons. The summed E-state index contributed by atoms with van der Waals surface area (Å²) in [5.74, 6) is 0.753. The molecule has 23 heavy (non-hydrogen) atoms. The zero-order valence-electron chi connectivity index (χ0n) is 13.4. The molecule has 1 N–H and O–H groups in total. The third-order valence-corrected chi connectivity index (χ3v) is 3.66. The number of carbonyl (C=O) groups excluding carboxylic acids is 1. The molecule has 0 saturated carbocycles. The number of nitrogens with zero attached hydrogens (tertiary/aromatic N) is 1. The lowest BCUT2D eigenvalue weighted by molar-refractivity contribution is -0.122. The van der Waals surface area contributed by atoms with Crippen molar-refractivity contribution in [2.45, 2.75) is 13.1 Å². The van der Waals surface area contributed by atoms with Crippen LogP contribution in [0.1, 0.15) is 11.1 Å². The van der Waals surface area contributed by atoms with E-state index in [9.17, 15) is 4.79 Å². The predicted octanol–water partition coefficient (Wildman–Crippen LogP) is 3.10. The Kier molecular flexibility index (Phi) is 6.44. The quantitative estimate of drug-likeness (QED) is 0.847. The molecule has 0 saturated heterocycles. The van der Waals surface area contributed by atoms with Crippen LogP contribution in [0.15, 0.2) is 48.5 Å². The molecule has 2 rings (SSSR count). The Morgan fingerprint density at radius 3 is 2.65 bits per heavy atom. The molecular formula is C18H21ClN2O2. The van der Waals surface area contributed by atoms with Gasteiger partial charge in [-0.25, -0.2) is 0 Å². The van der Waals surface area contributed by atoms with Crippen molar-refractivity contribution < 1.29 is 9.53 Å². The van der Waals surface area contributed by atoms with Crippen LogP contribution >= 0.6 is 11.6 Å². The van der Waals surface area contributed by atoms with E-state index in [4.69, 9.17) is 16.3 Å². The van der Waals surface area contributed by atoms with Crippen LogP contribution in [0, 0.1) is 0 Å². The third kappa shape index (κ3) is 5.58. The Labute approximate surface area is 142 Å². The summed E-state index contributed by atoms with van der Waals surface area (Å²) in [7, 11) is 3.52. The summed E-state index contributed by atoms with van der Waals surface area (Å²) in [5.41, 5.74) is 2.04. The molecule has 1 amide bonds. The SMILES string of the molecule is COc1ccc(Cl)cc1CN(C)CC(=O)NCc1ccccc1. The molecule has 4 nitrogen and oxygen atoms in total. The molecule has 0 bridgehead atoms. The molecule has 0 aliphatic carbocycles. The molecule has 0 aliphatic heterocycles. The van der Waals surface area contributed by atoms with E-state index in [1.54, 1.807) is 13.2 Å². The molecule has 0 aromatic heterocycles. The summed E-state index contributed by atoms with van der Waals surface area (Å²) in [6.45, 7) is 1.43. The highest BCUT2D eigenvalue weighted by Gasteiger charge is 2.10. The van der Waals surface area contributed by atoms with Crippen LogP contribution in [-0.4, -0.2) is 31.5 Å². The monoisotopic (exact) mass is 332 g/mol. The average molecular weight is 333 g/mol. The van der Waals surface area contributed by atoms with Crippen LogP contribution in [0.2, 0.25) is 5.02 Å². The Hall–Kier alpha value is -2.04. The topological polar surface area (TPSA) is 41.6 Å².